The molecule has 0 bridgehead atoms. The van der Waals surface area contributed by atoms with Crippen LogP contribution in [0.15, 0.2) is 35.5 Å². The summed E-state index contributed by atoms with van der Waals surface area (Å²) in [5, 5.41) is 31.5. The molecule has 3 fully saturated rings. The zero-order valence-corrected chi connectivity index (χ0v) is 24.7. The molecule has 3 aliphatic rings. The van der Waals surface area contributed by atoms with E-state index in [9.17, 15) is 20.1 Å². The van der Waals surface area contributed by atoms with Crippen LogP contribution < -0.4 is 0 Å². The second kappa shape index (κ2) is 13.6. The summed E-state index contributed by atoms with van der Waals surface area (Å²) in [5.41, 5.74) is 2.15. The van der Waals surface area contributed by atoms with Crippen LogP contribution >= 0.6 is 0 Å². The quantitative estimate of drug-likeness (QED) is 0.272. The van der Waals surface area contributed by atoms with Gasteiger partial charge in [-0.2, -0.15) is 0 Å². The van der Waals surface area contributed by atoms with E-state index in [1.807, 2.05) is 13.0 Å². The molecular formula is C33H50O6. The fourth-order valence-electron chi connectivity index (χ4n) is 7.01. The van der Waals surface area contributed by atoms with Crippen molar-refractivity contribution in [3.8, 4) is 11.8 Å². The number of aliphatic hydroxyl groups is 3. The van der Waals surface area contributed by atoms with Crippen LogP contribution in [0.3, 0.4) is 0 Å². The molecule has 0 aromatic heterocycles. The maximum absolute atomic E-state index is 11.7. The fraction of sp³-hybridized carbons (Fsp3) is 0.727. The van der Waals surface area contributed by atoms with Crippen molar-refractivity contribution in [3.05, 3.63) is 35.5 Å². The monoisotopic (exact) mass is 542 g/mol. The number of esters is 1. The van der Waals surface area contributed by atoms with Crippen LogP contribution in [0.2, 0.25) is 0 Å². The van der Waals surface area contributed by atoms with Gasteiger partial charge in [-0.3, -0.25) is 4.79 Å². The van der Waals surface area contributed by atoms with Gasteiger partial charge in [0.05, 0.1) is 25.7 Å². The maximum Gasteiger partial charge on any atom is 0.308 e. The van der Waals surface area contributed by atoms with E-state index in [1.165, 1.54) is 24.8 Å². The predicted molar refractivity (Wildman–Crippen MR) is 154 cm³/mol. The van der Waals surface area contributed by atoms with Crippen LogP contribution in [0.1, 0.15) is 92.4 Å². The first kappa shape index (κ1) is 31.6. The van der Waals surface area contributed by atoms with Gasteiger partial charge in [-0.15, -0.1) is 5.92 Å². The minimum Gasteiger partial charge on any atom is -0.466 e. The maximum atomic E-state index is 11.7. The van der Waals surface area contributed by atoms with Gasteiger partial charge < -0.3 is 24.8 Å². The Bertz CT molecular complexity index is 992. The lowest BCUT2D eigenvalue weighted by molar-refractivity contribution is -0.148. The van der Waals surface area contributed by atoms with Gasteiger partial charge in [0.15, 0.2) is 0 Å². The van der Waals surface area contributed by atoms with Crippen LogP contribution in [-0.2, 0) is 14.3 Å². The third-order valence-electron chi connectivity index (χ3n) is 9.01. The van der Waals surface area contributed by atoms with Crippen molar-refractivity contribution in [2.75, 3.05) is 13.2 Å². The van der Waals surface area contributed by atoms with Crippen molar-refractivity contribution in [2.45, 2.75) is 116 Å². The minimum atomic E-state index is -1.02. The van der Waals surface area contributed by atoms with Crippen LogP contribution in [0, 0.1) is 35.0 Å². The lowest BCUT2D eigenvalue weighted by Crippen LogP contribution is -2.45. The molecular weight excluding hydrogens is 492 g/mol. The van der Waals surface area contributed by atoms with Gasteiger partial charge in [0.25, 0.3) is 0 Å². The first-order valence-electron chi connectivity index (χ1n) is 14.8. The highest BCUT2D eigenvalue weighted by molar-refractivity contribution is 5.69. The highest BCUT2D eigenvalue weighted by Gasteiger charge is 2.50. The number of ether oxygens (including phenoxy) is 2. The number of hydrogen-bond donors (Lipinski definition) is 3. The van der Waals surface area contributed by atoms with E-state index < -0.39 is 23.9 Å². The Labute approximate surface area is 235 Å². The third-order valence-corrected chi connectivity index (χ3v) is 9.01. The first-order chi connectivity index (χ1) is 18.4. The summed E-state index contributed by atoms with van der Waals surface area (Å²) in [6.07, 6.45) is 9.36. The van der Waals surface area contributed by atoms with Gasteiger partial charge >= 0.3 is 5.97 Å². The molecule has 3 rings (SSSR count). The second-order valence-electron chi connectivity index (χ2n) is 12.6. The molecule has 7 atom stereocenters. The van der Waals surface area contributed by atoms with Crippen molar-refractivity contribution < 1.29 is 29.6 Å². The van der Waals surface area contributed by atoms with E-state index in [-0.39, 0.29) is 24.4 Å². The highest BCUT2D eigenvalue weighted by atomic mass is 16.5. The fourth-order valence-corrected chi connectivity index (χ4v) is 7.01. The van der Waals surface area contributed by atoms with Crippen LogP contribution in [0.5, 0.6) is 0 Å². The molecule has 0 aromatic carbocycles. The van der Waals surface area contributed by atoms with Crippen molar-refractivity contribution >= 4 is 5.97 Å². The number of carbonyl (C=O) groups is 1. The van der Waals surface area contributed by atoms with E-state index in [1.54, 1.807) is 13.8 Å². The molecule has 0 radical (unpaired) electrons. The summed E-state index contributed by atoms with van der Waals surface area (Å²) >= 11 is 0. The Hall–Kier alpha value is -1.91. The van der Waals surface area contributed by atoms with Gasteiger partial charge in [0.2, 0.25) is 0 Å². The van der Waals surface area contributed by atoms with Crippen molar-refractivity contribution in [1.82, 2.24) is 0 Å². The van der Waals surface area contributed by atoms with Gasteiger partial charge in [0, 0.05) is 12.8 Å². The summed E-state index contributed by atoms with van der Waals surface area (Å²) in [6.45, 7) is 14.7. The summed E-state index contributed by atoms with van der Waals surface area (Å²) in [5.74, 6) is 7.45. The predicted octanol–water partition coefficient (Wildman–Crippen LogP) is 5.27. The zero-order valence-electron chi connectivity index (χ0n) is 24.7. The lowest BCUT2D eigenvalue weighted by atomic mass is 9.61. The van der Waals surface area contributed by atoms with Crippen molar-refractivity contribution in [1.29, 1.82) is 0 Å². The molecule has 218 valence electrons. The van der Waals surface area contributed by atoms with Crippen LogP contribution in [0.4, 0.5) is 0 Å². The number of allylic oxidation sites excluding steroid dienone is 3. The topological polar surface area (TPSA) is 96.2 Å². The second-order valence-corrected chi connectivity index (χ2v) is 12.6. The summed E-state index contributed by atoms with van der Waals surface area (Å²) < 4.78 is 10.7. The third kappa shape index (κ3) is 8.07. The van der Waals surface area contributed by atoms with Gasteiger partial charge in [-0.05, 0) is 86.7 Å². The Balaban J connectivity index is 1.64. The van der Waals surface area contributed by atoms with E-state index in [4.69, 9.17) is 9.47 Å². The van der Waals surface area contributed by atoms with Crippen molar-refractivity contribution in [3.63, 3.8) is 0 Å². The standard InChI is InChI=1S/C33H50O6/c1-7-19-38-29(35)16-20-39-31-28(34)21-25(23(3)30(31)36)13-12-24-11-9-18-33(6)26(14-15-27(24)33)22(2)10-8-17-32(4,5)37/h12-13,22,26-28,30-31,34,36-37H,3,7,9-11,14-16,18-21H2,1-2,4-6H3/t22-,26-,27?,28-,30-,31+,33-/m1/s1. The summed E-state index contributed by atoms with van der Waals surface area (Å²) in [6, 6.07) is 0. The van der Waals surface area contributed by atoms with E-state index in [2.05, 4.69) is 38.3 Å². The zero-order chi connectivity index (χ0) is 28.8. The summed E-state index contributed by atoms with van der Waals surface area (Å²) in [4.78, 5) is 11.7. The van der Waals surface area contributed by atoms with Crippen LogP contribution in [-0.4, -0.2) is 58.4 Å². The van der Waals surface area contributed by atoms with E-state index in [0.717, 1.165) is 31.3 Å². The van der Waals surface area contributed by atoms with Gasteiger partial charge in [-0.25, -0.2) is 0 Å². The Kier molecular flexibility index (Phi) is 11.1. The molecule has 1 unspecified atom stereocenters. The van der Waals surface area contributed by atoms with Crippen LogP contribution in [0.25, 0.3) is 0 Å². The van der Waals surface area contributed by atoms with Gasteiger partial charge in [0.1, 0.15) is 17.8 Å². The molecule has 0 aliphatic heterocycles. The molecule has 3 saturated carbocycles. The van der Waals surface area contributed by atoms with E-state index >= 15 is 0 Å². The Morgan fingerprint density at radius 1 is 1.26 bits per heavy atom. The normalized spacial score (nSPS) is 33.9. The highest BCUT2D eigenvalue weighted by Crippen LogP contribution is 2.59. The molecule has 3 aliphatic carbocycles. The largest absolute Gasteiger partial charge is 0.466 e. The number of aliphatic hydroxyl groups excluding tert-OH is 2. The molecule has 6 nitrogen and oxygen atoms in total. The smallest absolute Gasteiger partial charge is 0.308 e. The molecule has 0 spiro atoms. The molecule has 3 N–H and O–H groups in total. The number of fused-ring (bicyclic) bond motifs is 1. The molecule has 0 saturated heterocycles. The number of rotatable bonds is 9. The average Bonchev–Trinajstić information content (AvgIpc) is 3.22. The average molecular weight is 543 g/mol. The van der Waals surface area contributed by atoms with Gasteiger partial charge in [-0.1, -0.05) is 51.0 Å². The Morgan fingerprint density at radius 3 is 2.69 bits per heavy atom. The van der Waals surface area contributed by atoms with Crippen molar-refractivity contribution in [2.24, 2.45) is 23.2 Å². The van der Waals surface area contributed by atoms with E-state index in [0.29, 0.717) is 36.4 Å². The summed E-state index contributed by atoms with van der Waals surface area (Å²) in [7, 11) is 0. The Morgan fingerprint density at radius 2 is 2.00 bits per heavy atom. The molecule has 6 heteroatoms. The number of carbonyl (C=O) groups excluding carboxylic acids is 1. The molecule has 39 heavy (non-hydrogen) atoms. The first-order valence-corrected chi connectivity index (χ1v) is 14.8. The SMILES string of the molecule is C=C1C(=CC=C2CCC[C@@]3(C)C2CC[C@@H]3[C@H](C)CC#CC(C)(C)O)C[C@@H](O)[C@H](OCCC(=O)OCCC)[C@@H]1O. The molecule has 0 aromatic rings. The minimum absolute atomic E-state index is 0.0842. The molecule has 0 heterocycles. The molecule has 0 amide bonds. The number of hydrogen-bond acceptors (Lipinski definition) is 6. The lowest BCUT2D eigenvalue weighted by Gasteiger charge is -2.44.